The highest BCUT2D eigenvalue weighted by atomic mass is 32.1. The van der Waals surface area contributed by atoms with Gasteiger partial charge < -0.3 is 14.5 Å². The van der Waals surface area contributed by atoms with Gasteiger partial charge in [-0.05, 0) is 35.7 Å². The van der Waals surface area contributed by atoms with Gasteiger partial charge in [-0.25, -0.2) is 14.4 Å². The van der Waals surface area contributed by atoms with Crippen molar-refractivity contribution < 1.29 is 13.9 Å². The van der Waals surface area contributed by atoms with Crippen LogP contribution in [0.2, 0.25) is 0 Å². The van der Waals surface area contributed by atoms with Crippen molar-refractivity contribution in [1.29, 1.82) is 0 Å². The van der Waals surface area contributed by atoms with Gasteiger partial charge in [0.25, 0.3) is 5.91 Å². The summed E-state index contributed by atoms with van der Waals surface area (Å²) in [7, 11) is 0. The van der Waals surface area contributed by atoms with Crippen LogP contribution in [0.15, 0.2) is 41.8 Å². The van der Waals surface area contributed by atoms with E-state index >= 15 is 0 Å². The first kappa shape index (κ1) is 19.1. The number of thiophene rings is 1. The lowest BCUT2D eigenvalue weighted by Gasteiger charge is -2.34. The summed E-state index contributed by atoms with van der Waals surface area (Å²) in [6, 6.07) is 10.0. The first-order chi connectivity index (χ1) is 14.7. The molecular formula is C22H21FN4O2S. The topological polar surface area (TPSA) is 58.6 Å². The summed E-state index contributed by atoms with van der Waals surface area (Å²) >= 11 is 1.46. The van der Waals surface area contributed by atoms with Crippen LogP contribution < -0.4 is 4.90 Å². The van der Waals surface area contributed by atoms with E-state index in [2.05, 4.69) is 4.90 Å². The molecule has 0 atom stereocenters. The molecular weight excluding hydrogens is 403 g/mol. The summed E-state index contributed by atoms with van der Waals surface area (Å²) in [6.07, 6.45) is 0.667. The number of morpholine rings is 1. The summed E-state index contributed by atoms with van der Waals surface area (Å²) in [5.74, 6) is 1.21. The van der Waals surface area contributed by atoms with Crippen molar-refractivity contribution in [3.05, 3.63) is 63.7 Å². The van der Waals surface area contributed by atoms with Crippen molar-refractivity contribution in [2.24, 2.45) is 0 Å². The van der Waals surface area contributed by atoms with Gasteiger partial charge in [0, 0.05) is 37.2 Å². The second-order valence-corrected chi connectivity index (χ2v) is 8.30. The molecule has 0 aliphatic carbocycles. The number of fused-ring (bicyclic) bond motifs is 1. The molecule has 0 unspecified atom stereocenters. The molecule has 1 amide bonds. The van der Waals surface area contributed by atoms with Crippen molar-refractivity contribution in [3.63, 3.8) is 0 Å². The molecule has 3 aromatic rings. The number of amides is 1. The predicted molar refractivity (Wildman–Crippen MR) is 113 cm³/mol. The van der Waals surface area contributed by atoms with Crippen LogP contribution in [0.4, 0.5) is 10.2 Å². The lowest BCUT2D eigenvalue weighted by molar-refractivity contribution is 0.0738. The van der Waals surface area contributed by atoms with Crippen molar-refractivity contribution in [1.82, 2.24) is 14.9 Å². The fraction of sp³-hybridized carbons (Fsp3) is 0.318. The average Bonchev–Trinajstić information content (AvgIpc) is 3.33. The SMILES string of the molecule is O=C(c1cccs1)N1CCc2nc(-c3ccc(F)cc3)nc(N3CCOCC3)c2C1. The molecule has 5 rings (SSSR count). The Morgan fingerprint density at radius 2 is 1.87 bits per heavy atom. The minimum atomic E-state index is -0.284. The van der Waals surface area contributed by atoms with Crippen LogP contribution >= 0.6 is 11.3 Å². The maximum absolute atomic E-state index is 13.4. The van der Waals surface area contributed by atoms with Crippen molar-refractivity contribution in [2.75, 3.05) is 37.7 Å². The summed E-state index contributed by atoms with van der Waals surface area (Å²) in [5.41, 5.74) is 2.74. The minimum absolute atomic E-state index is 0.0474. The van der Waals surface area contributed by atoms with E-state index in [0.29, 0.717) is 38.5 Å². The highest BCUT2D eigenvalue weighted by molar-refractivity contribution is 7.12. The lowest BCUT2D eigenvalue weighted by Crippen LogP contribution is -2.41. The third-order valence-corrected chi connectivity index (χ3v) is 6.33. The number of hydrogen-bond acceptors (Lipinski definition) is 6. The van der Waals surface area contributed by atoms with E-state index in [1.165, 1.54) is 23.5 Å². The van der Waals surface area contributed by atoms with E-state index in [1.54, 1.807) is 12.1 Å². The van der Waals surface area contributed by atoms with E-state index in [1.807, 2.05) is 22.4 Å². The van der Waals surface area contributed by atoms with Crippen molar-refractivity contribution in [3.8, 4) is 11.4 Å². The zero-order valence-electron chi connectivity index (χ0n) is 16.4. The van der Waals surface area contributed by atoms with E-state index in [4.69, 9.17) is 14.7 Å². The van der Waals surface area contributed by atoms with Crippen LogP contribution in [-0.2, 0) is 17.7 Å². The van der Waals surface area contributed by atoms with Gasteiger partial charge in [0.05, 0.1) is 30.3 Å². The number of aromatic nitrogens is 2. The van der Waals surface area contributed by atoms with Gasteiger partial charge in [-0.15, -0.1) is 11.3 Å². The van der Waals surface area contributed by atoms with Crippen LogP contribution in [0.3, 0.4) is 0 Å². The Hall–Kier alpha value is -2.84. The summed E-state index contributed by atoms with van der Waals surface area (Å²) in [6.45, 7) is 3.87. The summed E-state index contributed by atoms with van der Waals surface area (Å²) in [5, 5.41) is 1.92. The van der Waals surface area contributed by atoms with Gasteiger partial charge in [-0.2, -0.15) is 0 Å². The average molecular weight is 425 g/mol. The number of anilines is 1. The molecule has 6 nitrogen and oxygen atoms in total. The molecule has 2 aliphatic rings. The predicted octanol–water partition coefficient (Wildman–Crippen LogP) is 3.38. The number of halogens is 1. The van der Waals surface area contributed by atoms with Crippen LogP contribution in [0.25, 0.3) is 11.4 Å². The number of nitrogens with zero attached hydrogens (tertiary/aromatic N) is 4. The number of benzene rings is 1. The monoisotopic (exact) mass is 424 g/mol. The molecule has 0 saturated carbocycles. The molecule has 0 bridgehead atoms. The first-order valence-electron chi connectivity index (χ1n) is 10.0. The Morgan fingerprint density at radius 1 is 1.07 bits per heavy atom. The molecule has 2 aliphatic heterocycles. The number of rotatable bonds is 3. The van der Waals surface area contributed by atoms with Gasteiger partial charge >= 0.3 is 0 Å². The molecule has 1 fully saturated rings. The van der Waals surface area contributed by atoms with Crippen LogP contribution in [0.5, 0.6) is 0 Å². The lowest BCUT2D eigenvalue weighted by atomic mass is 10.0. The molecule has 4 heterocycles. The van der Waals surface area contributed by atoms with Gasteiger partial charge in [0.2, 0.25) is 0 Å². The standard InChI is InChI=1S/C22H21FN4O2S/c23-16-5-3-15(4-6-16)20-24-18-7-8-27(22(28)19-2-1-13-30-19)14-17(18)21(25-20)26-9-11-29-12-10-26/h1-6,13H,7-12,14H2. The Kier molecular flexibility index (Phi) is 5.18. The van der Waals surface area contributed by atoms with Crippen molar-refractivity contribution >= 4 is 23.1 Å². The summed E-state index contributed by atoms with van der Waals surface area (Å²) in [4.78, 5) is 27.4. The largest absolute Gasteiger partial charge is 0.378 e. The van der Waals surface area contributed by atoms with Gasteiger partial charge in [-0.3, -0.25) is 4.79 Å². The maximum Gasteiger partial charge on any atom is 0.264 e. The fourth-order valence-corrected chi connectivity index (χ4v) is 4.58. The molecule has 1 aromatic carbocycles. The normalized spacial score (nSPS) is 16.4. The molecule has 2 aromatic heterocycles. The number of ether oxygens (including phenoxy) is 1. The second-order valence-electron chi connectivity index (χ2n) is 7.36. The van der Waals surface area contributed by atoms with Gasteiger partial charge in [0.15, 0.2) is 5.82 Å². The van der Waals surface area contributed by atoms with E-state index in [-0.39, 0.29) is 11.7 Å². The third kappa shape index (κ3) is 3.68. The zero-order chi connectivity index (χ0) is 20.5. The third-order valence-electron chi connectivity index (χ3n) is 5.47. The van der Waals surface area contributed by atoms with Gasteiger partial charge in [0.1, 0.15) is 11.6 Å². The Bertz CT molecular complexity index is 1050. The highest BCUT2D eigenvalue weighted by Crippen LogP contribution is 2.31. The Labute approximate surface area is 177 Å². The Morgan fingerprint density at radius 3 is 2.60 bits per heavy atom. The fourth-order valence-electron chi connectivity index (χ4n) is 3.89. The number of carbonyl (C=O) groups excluding carboxylic acids is 1. The molecule has 0 radical (unpaired) electrons. The molecule has 154 valence electrons. The molecule has 30 heavy (non-hydrogen) atoms. The minimum Gasteiger partial charge on any atom is -0.378 e. The zero-order valence-corrected chi connectivity index (χ0v) is 17.2. The van der Waals surface area contributed by atoms with Crippen LogP contribution in [0, 0.1) is 5.82 Å². The molecule has 0 N–H and O–H groups in total. The van der Waals surface area contributed by atoms with Crippen LogP contribution in [-0.4, -0.2) is 53.6 Å². The molecule has 8 heteroatoms. The van der Waals surface area contributed by atoms with Crippen molar-refractivity contribution in [2.45, 2.75) is 13.0 Å². The van der Waals surface area contributed by atoms with E-state index in [0.717, 1.165) is 40.6 Å². The number of carbonyl (C=O) groups is 1. The quantitative estimate of drug-likeness (QED) is 0.645. The first-order valence-corrected chi connectivity index (χ1v) is 10.9. The number of hydrogen-bond donors (Lipinski definition) is 0. The highest BCUT2D eigenvalue weighted by Gasteiger charge is 2.29. The van der Waals surface area contributed by atoms with E-state index < -0.39 is 0 Å². The van der Waals surface area contributed by atoms with Crippen LogP contribution in [0.1, 0.15) is 20.9 Å². The smallest absolute Gasteiger partial charge is 0.264 e. The molecule has 1 saturated heterocycles. The maximum atomic E-state index is 13.4. The Balaban J connectivity index is 1.53. The van der Waals surface area contributed by atoms with E-state index in [9.17, 15) is 9.18 Å². The second kappa shape index (κ2) is 8.12. The molecule has 0 spiro atoms. The van der Waals surface area contributed by atoms with Gasteiger partial charge in [-0.1, -0.05) is 6.07 Å². The summed E-state index contributed by atoms with van der Waals surface area (Å²) < 4.78 is 18.9.